The van der Waals surface area contributed by atoms with Crippen LogP contribution in [0.15, 0.2) is 0 Å². The monoisotopic (exact) mass is 318 g/mol. The summed E-state index contributed by atoms with van der Waals surface area (Å²) in [6.45, 7) is 13.4. The van der Waals surface area contributed by atoms with Crippen molar-refractivity contribution in [1.29, 1.82) is 15.8 Å². The molecule has 0 aromatic carbocycles. The maximum Gasteiger partial charge on any atom is 0.175 e. The molecule has 0 N–H and O–H groups in total. The molecule has 0 spiro atoms. The lowest BCUT2D eigenvalue weighted by Crippen LogP contribution is -2.57. The van der Waals surface area contributed by atoms with E-state index in [-0.39, 0.29) is 0 Å². The van der Waals surface area contributed by atoms with Crippen molar-refractivity contribution in [2.75, 3.05) is 0 Å². The van der Waals surface area contributed by atoms with Gasteiger partial charge in [0.15, 0.2) is 5.60 Å². The molecule has 5 heteroatoms. The second-order valence-electron chi connectivity index (χ2n) is 6.91. The molecule has 0 fully saturated rings. The zero-order chi connectivity index (χ0) is 18.3. The maximum atomic E-state index is 9.80. The summed E-state index contributed by atoms with van der Waals surface area (Å²) in [7, 11) is 0. The minimum Gasteiger partial charge on any atom is -0.275 e. The van der Waals surface area contributed by atoms with Crippen LogP contribution in [0.2, 0.25) is 0 Å². The van der Waals surface area contributed by atoms with Gasteiger partial charge >= 0.3 is 0 Å². The van der Waals surface area contributed by atoms with E-state index in [9.17, 15) is 15.8 Å². The first-order valence-corrected chi connectivity index (χ1v) is 8.36. The highest BCUT2D eigenvalue weighted by Gasteiger charge is 2.47. The Kier molecular flexibility index (Phi) is 7.72. The fourth-order valence-corrected chi connectivity index (χ4v) is 2.58. The molecule has 0 saturated heterocycles. The van der Waals surface area contributed by atoms with E-state index in [4.69, 9.17) is 4.84 Å². The average Bonchev–Trinajstić information content (AvgIpc) is 2.54. The Morgan fingerprint density at radius 1 is 0.870 bits per heavy atom. The molecule has 128 valence electrons. The van der Waals surface area contributed by atoms with Crippen LogP contribution in [-0.2, 0) is 4.84 Å². The molecular weight excluding hydrogens is 288 g/mol. The minimum atomic E-state index is -0.981. The van der Waals surface area contributed by atoms with Crippen LogP contribution in [0.25, 0.3) is 0 Å². The first-order valence-electron chi connectivity index (χ1n) is 8.36. The van der Waals surface area contributed by atoms with Crippen LogP contribution in [0.1, 0.15) is 74.1 Å². The van der Waals surface area contributed by atoms with Crippen molar-refractivity contribution < 1.29 is 4.84 Å². The lowest BCUT2D eigenvalue weighted by Gasteiger charge is -2.46. The molecule has 0 amide bonds. The number of nitrogens with zero attached hydrogens (tertiary/aromatic N) is 4. The van der Waals surface area contributed by atoms with Gasteiger partial charge in [0.2, 0.25) is 0 Å². The van der Waals surface area contributed by atoms with Crippen molar-refractivity contribution in [2.45, 2.75) is 91.3 Å². The van der Waals surface area contributed by atoms with E-state index in [1.165, 1.54) is 0 Å². The van der Waals surface area contributed by atoms with Gasteiger partial charge in [-0.1, -0.05) is 27.7 Å². The van der Waals surface area contributed by atoms with Crippen molar-refractivity contribution >= 4 is 0 Å². The number of hydrogen-bond acceptors (Lipinski definition) is 5. The molecule has 1 atom stereocenters. The fraction of sp³-hybridized carbons (Fsp3) is 0.833. The van der Waals surface area contributed by atoms with Gasteiger partial charge in [-0.05, 0) is 46.5 Å². The normalized spacial score (nSPS) is 14.0. The molecule has 0 radical (unpaired) electrons. The lowest BCUT2D eigenvalue weighted by molar-refractivity contribution is -0.291. The van der Waals surface area contributed by atoms with Crippen molar-refractivity contribution in [3.05, 3.63) is 0 Å². The lowest BCUT2D eigenvalue weighted by atomic mass is 9.76. The third-order valence-corrected chi connectivity index (χ3v) is 4.64. The number of hydroxylamine groups is 2. The Morgan fingerprint density at radius 2 is 1.35 bits per heavy atom. The standard InChI is InChI=1S/C18H30N4O/c1-8-17(9-2,13-20)15(12-19)22(16(5,6)7)23-18(10-3,11-4)14-21/h15H,8-11H2,1-7H3. The SMILES string of the molecule is CCC(C#N)(CC)ON(C(C#N)C(C#N)(CC)CC)C(C)(C)C. The summed E-state index contributed by atoms with van der Waals surface area (Å²) in [6, 6.07) is 6.10. The molecule has 0 aliphatic rings. The van der Waals surface area contributed by atoms with Gasteiger partial charge in [0, 0.05) is 5.54 Å². The first-order chi connectivity index (χ1) is 10.7. The van der Waals surface area contributed by atoms with E-state index in [1.54, 1.807) is 5.06 Å². The van der Waals surface area contributed by atoms with Gasteiger partial charge in [-0.25, -0.2) is 0 Å². The van der Waals surface area contributed by atoms with E-state index in [2.05, 4.69) is 18.2 Å². The first kappa shape index (κ1) is 21.4. The molecule has 1 unspecified atom stereocenters. The van der Waals surface area contributed by atoms with Crippen molar-refractivity contribution in [2.24, 2.45) is 5.41 Å². The highest BCUT2D eigenvalue weighted by Crippen LogP contribution is 2.38. The highest BCUT2D eigenvalue weighted by atomic mass is 16.7. The molecule has 0 aliphatic carbocycles. The van der Waals surface area contributed by atoms with E-state index in [0.29, 0.717) is 25.7 Å². The van der Waals surface area contributed by atoms with Gasteiger partial charge < -0.3 is 0 Å². The third-order valence-electron chi connectivity index (χ3n) is 4.64. The van der Waals surface area contributed by atoms with Crippen molar-refractivity contribution in [3.8, 4) is 18.2 Å². The van der Waals surface area contributed by atoms with Crippen LogP contribution in [0.5, 0.6) is 0 Å². The van der Waals surface area contributed by atoms with Crippen LogP contribution >= 0.6 is 0 Å². The van der Waals surface area contributed by atoms with Crippen molar-refractivity contribution in [3.63, 3.8) is 0 Å². The second-order valence-corrected chi connectivity index (χ2v) is 6.91. The summed E-state index contributed by atoms with van der Waals surface area (Å²) < 4.78 is 0. The van der Waals surface area contributed by atoms with E-state index < -0.39 is 22.6 Å². The van der Waals surface area contributed by atoms with Gasteiger partial charge in [0.25, 0.3) is 0 Å². The zero-order valence-corrected chi connectivity index (χ0v) is 15.6. The highest BCUT2D eigenvalue weighted by molar-refractivity contribution is 5.14. The molecule has 0 aromatic heterocycles. The number of rotatable bonds is 8. The molecular formula is C18H30N4O. The van der Waals surface area contributed by atoms with E-state index in [0.717, 1.165) is 0 Å². The summed E-state index contributed by atoms with van der Waals surface area (Å²) in [4.78, 5) is 6.11. The molecule has 0 rings (SSSR count). The Bertz CT molecular complexity index is 493. The number of nitriles is 3. The fourth-order valence-electron chi connectivity index (χ4n) is 2.58. The summed E-state index contributed by atoms with van der Waals surface area (Å²) >= 11 is 0. The minimum absolute atomic E-state index is 0.515. The van der Waals surface area contributed by atoms with Crippen LogP contribution in [-0.4, -0.2) is 22.2 Å². The molecule has 0 saturated carbocycles. The van der Waals surface area contributed by atoms with Gasteiger partial charge in [-0.2, -0.15) is 20.8 Å². The smallest absolute Gasteiger partial charge is 0.175 e. The second kappa shape index (κ2) is 8.30. The van der Waals surface area contributed by atoms with Crippen LogP contribution in [0, 0.1) is 39.4 Å². The Balaban J connectivity index is 6.07. The van der Waals surface area contributed by atoms with E-state index in [1.807, 2.05) is 48.5 Å². The molecule has 0 aliphatic heterocycles. The molecule has 0 aromatic rings. The summed E-state index contributed by atoms with van der Waals surface area (Å²) in [5.41, 5.74) is -2.32. The summed E-state index contributed by atoms with van der Waals surface area (Å²) in [5.74, 6) is 0. The van der Waals surface area contributed by atoms with Gasteiger partial charge in [-0.3, -0.25) is 4.84 Å². The quantitative estimate of drug-likeness (QED) is 0.622. The van der Waals surface area contributed by atoms with E-state index >= 15 is 0 Å². The van der Waals surface area contributed by atoms with Crippen LogP contribution in [0.3, 0.4) is 0 Å². The predicted octanol–water partition coefficient (Wildman–Crippen LogP) is 4.32. The molecule has 23 heavy (non-hydrogen) atoms. The predicted molar refractivity (Wildman–Crippen MR) is 89.6 cm³/mol. The number of hydrogen-bond donors (Lipinski definition) is 0. The molecule has 5 nitrogen and oxygen atoms in total. The van der Waals surface area contributed by atoms with Gasteiger partial charge in [0.05, 0.1) is 23.6 Å². The van der Waals surface area contributed by atoms with Crippen molar-refractivity contribution in [1.82, 2.24) is 5.06 Å². The average molecular weight is 318 g/mol. The maximum absolute atomic E-state index is 9.80. The Hall–Kier alpha value is -1.61. The van der Waals surface area contributed by atoms with Crippen LogP contribution in [0.4, 0.5) is 0 Å². The Labute approximate surface area is 141 Å². The summed E-state index contributed by atoms with van der Waals surface area (Å²) in [6.07, 6.45) is 2.13. The summed E-state index contributed by atoms with van der Waals surface area (Å²) in [5, 5.41) is 30.7. The third kappa shape index (κ3) is 4.44. The largest absolute Gasteiger partial charge is 0.275 e. The van der Waals surface area contributed by atoms with Gasteiger partial charge in [0.1, 0.15) is 6.04 Å². The molecule has 0 heterocycles. The Morgan fingerprint density at radius 3 is 1.57 bits per heavy atom. The topological polar surface area (TPSA) is 83.8 Å². The zero-order valence-electron chi connectivity index (χ0n) is 15.6. The van der Waals surface area contributed by atoms with Gasteiger partial charge in [-0.15, -0.1) is 0 Å². The van der Waals surface area contributed by atoms with Crippen LogP contribution < -0.4 is 0 Å². The molecule has 0 bridgehead atoms.